The van der Waals surface area contributed by atoms with Crippen LogP contribution in [0.25, 0.3) is 0 Å². The van der Waals surface area contributed by atoms with Gasteiger partial charge in [-0.25, -0.2) is 0 Å². The maximum Gasteiger partial charge on any atom is 0.436 e. The first kappa shape index (κ1) is 25.5. The van der Waals surface area contributed by atoms with Crippen LogP contribution in [-0.2, 0) is 17.5 Å². The molecule has 8 nitrogen and oxygen atoms in total. The van der Waals surface area contributed by atoms with Crippen LogP contribution in [0.2, 0.25) is 5.02 Å². The fourth-order valence-corrected chi connectivity index (χ4v) is 4.14. The van der Waals surface area contributed by atoms with Gasteiger partial charge in [0.25, 0.3) is 5.69 Å². The molecular weight excluding hydrogens is 501 g/mol. The highest BCUT2D eigenvalue weighted by molar-refractivity contribution is 6.32. The molecule has 190 valence electrons. The highest BCUT2D eigenvalue weighted by atomic mass is 35.5. The maximum atomic E-state index is 13.2. The third-order valence-corrected chi connectivity index (χ3v) is 6.04. The first-order valence-electron chi connectivity index (χ1n) is 11.1. The predicted molar refractivity (Wildman–Crippen MR) is 127 cm³/mol. The van der Waals surface area contributed by atoms with Gasteiger partial charge in [0.2, 0.25) is 5.91 Å². The number of anilines is 1. The van der Waals surface area contributed by atoms with Crippen molar-refractivity contribution in [1.29, 1.82) is 0 Å². The summed E-state index contributed by atoms with van der Waals surface area (Å²) < 4.78 is 46.7. The molecule has 1 heterocycles. The molecule has 0 spiro atoms. The first-order chi connectivity index (χ1) is 16.9. The zero-order chi connectivity index (χ0) is 26.2. The number of halogens is 4. The number of aryl methyl sites for hydroxylation is 3. The summed E-state index contributed by atoms with van der Waals surface area (Å²) in [5.74, 6) is -0.0184. The van der Waals surface area contributed by atoms with E-state index in [1.807, 2.05) is 26.0 Å². The smallest absolute Gasteiger partial charge is 0.436 e. The van der Waals surface area contributed by atoms with E-state index in [1.54, 1.807) is 6.07 Å². The number of aromatic nitrogens is 2. The van der Waals surface area contributed by atoms with Gasteiger partial charge >= 0.3 is 6.18 Å². The minimum absolute atomic E-state index is 0.117. The van der Waals surface area contributed by atoms with E-state index < -0.39 is 27.7 Å². The van der Waals surface area contributed by atoms with Crippen LogP contribution in [0.15, 0.2) is 36.4 Å². The van der Waals surface area contributed by atoms with E-state index in [-0.39, 0.29) is 41.7 Å². The molecule has 36 heavy (non-hydrogen) atoms. The number of alkyl halides is 3. The summed E-state index contributed by atoms with van der Waals surface area (Å²) in [5.41, 5.74) is 0.687. The van der Waals surface area contributed by atoms with Crippen molar-refractivity contribution < 1.29 is 27.6 Å². The van der Waals surface area contributed by atoms with Crippen LogP contribution in [0.4, 0.5) is 24.5 Å². The van der Waals surface area contributed by atoms with Crippen LogP contribution in [0.5, 0.6) is 11.5 Å². The zero-order valence-corrected chi connectivity index (χ0v) is 20.1. The SMILES string of the molecule is Cc1ccc(C)c(Oc2cc(NC(=O)CCn3nc(C(F)(F)F)c(Cl)c3C3CC3)cc([N+](=O)[O-])c2)c1. The predicted octanol–water partition coefficient (Wildman–Crippen LogP) is 6.78. The highest BCUT2D eigenvalue weighted by Gasteiger charge is 2.42. The molecular formula is C24H22ClF3N4O4. The van der Waals surface area contributed by atoms with Gasteiger partial charge in [0.1, 0.15) is 11.5 Å². The molecule has 1 N–H and O–H groups in total. The number of nitro groups is 1. The van der Waals surface area contributed by atoms with Gasteiger partial charge in [-0.3, -0.25) is 19.6 Å². The zero-order valence-electron chi connectivity index (χ0n) is 19.4. The Balaban J connectivity index is 1.51. The summed E-state index contributed by atoms with van der Waals surface area (Å²) in [4.78, 5) is 23.4. The van der Waals surface area contributed by atoms with E-state index in [4.69, 9.17) is 16.3 Å². The Labute approximate surface area is 209 Å². The molecule has 3 aromatic rings. The van der Waals surface area contributed by atoms with Gasteiger partial charge in [0, 0.05) is 24.5 Å². The summed E-state index contributed by atoms with van der Waals surface area (Å²) >= 11 is 5.96. The molecule has 4 rings (SSSR count). The van der Waals surface area contributed by atoms with Crippen LogP contribution in [0.3, 0.4) is 0 Å². The lowest BCUT2D eigenvalue weighted by Gasteiger charge is -2.12. The van der Waals surface area contributed by atoms with Crippen LogP contribution < -0.4 is 10.1 Å². The van der Waals surface area contributed by atoms with Crippen LogP contribution in [0, 0.1) is 24.0 Å². The molecule has 0 bridgehead atoms. The number of non-ortho nitro benzene ring substituents is 1. The molecule has 1 aliphatic rings. The lowest BCUT2D eigenvalue weighted by molar-refractivity contribution is -0.384. The normalized spacial score (nSPS) is 13.5. The van der Waals surface area contributed by atoms with Crippen molar-refractivity contribution in [2.24, 2.45) is 0 Å². The van der Waals surface area contributed by atoms with Gasteiger partial charge in [-0.2, -0.15) is 18.3 Å². The molecule has 1 fully saturated rings. The number of nitrogens with one attached hydrogen (secondary N) is 1. The van der Waals surface area contributed by atoms with Crippen LogP contribution in [-0.4, -0.2) is 20.6 Å². The minimum atomic E-state index is -4.71. The van der Waals surface area contributed by atoms with E-state index in [1.165, 1.54) is 18.2 Å². The van der Waals surface area contributed by atoms with Gasteiger partial charge in [-0.05, 0) is 43.9 Å². The molecule has 0 saturated heterocycles. The third-order valence-electron chi connectivity index (χ3n) is 5.67. The molecule has 1 aliphatic carbocycles. The molecule has 0 radical (unpaired) electrons. The number of hydrogen-bond donors (Lipinski definition) is 1. The topological polar surface area (TPSA) is 99.3 Å². The van der Waals surface area contributed by atoms with E-state index in [0.717, 1.165) is 15.8 Å². The molecule has 1 amide bonds. The summed E-state index contributed by atoms with van der Waals surface area (Å²) in [5, 5.41) is 17.1. The molecule has 2 aromatic carbocycles. The monoisotopic (exact) mass is 522 g/mol. The fourth-order valence-electron chi connectivity index (χ4n) is 3.75. The second-order valence-electron chi connectivity index (χ2n) is 8.68. The Morgan fingerprint density at radius 2 is 1.97 bits per heavy atom. The number of amides is 1. The van der Waals surface area contributed by atoms with E-state index in [9.17, 15) is 28.1 Å². The number of ether oxygens (including phenoxy) is 1. The number of carbonyl (C=O) groups is 1. The lowest BCUT2D eigenvalue weighted by Crippen LogP contribution is -2.16. The average molecular weight is 523 g/mol. The summed E-state index contributed by atoms with van der Waals surface area (Å²) in [7, 11) is 0. The number of nitro benzene ring substituents is 1. The third kappa shape index (κ3) is 5.78. The quantitative estimate of drug-likeness (QED) is 0.260. The molecule has 0 unspecified atom stereocenters. The van der Waals surface area contributed by atoms with Crippen molar-refractivity contribution in [3.63, 3.8) is 0 Å². The summed E-state index contributed by atoms with van der Waals surface area (Å²) in [6, 6.07) is 9.40. The number of benzene rings is 2. The first-order valence-corrected chi connectivity index (χ1v) is 11.5. The Kier molecular flexibility index (Phi) is 6.94. The van der Waals surface area contributed by atoms with Crippen molar-refractivity contribution >= 4 is 28.9 Å². The van der Waals surface area contributed by atoms with E-state index in [0.29, 0.717) is 18.6 Å². The Bertz CT molecular complexity index is 1340. The maximum absolute atomic E-state index is 13.2. The number of hydrogen-bond acceptors (Lipinski definition) is 5. The summed E-state index contributed by atoms with van der Waals surface area (Å²) in [6.07, 6.45) is -3.52. The number of nitrogens with zero attached hydrogens (tertiary/aromatic N) is 3. The molecule has 1 saturated carbocycles. The molecule has 12 heteroatoms. The van der Waals surface area contributed by atoms with E-state index in [2.05, 4.69) is 10.4 Å². The van der Waals surface area contributed by atoms with Crippen LogP contribution >= 0.6 is 11.6 Å². The summed E-state index contributed by atoms with van der Waals surface area (Å²) in [6.45, 7) is 3.58. The second kappa shape index (κ2) is 9.81. The number of rotatable bonds is 8. The van der Waals surface area contributed by atoms with Gasteiger partial charge < -0.3 is 10.1 Å². The minimum Gasteiger partial charge on any atom is -0.457 e. The average Bonchev–Trinajstić information content (AvgIpc) is 3.56. The Hall–Kier alpha value is -3.60. The van der Waals surface area contributed by atoms with Crippen molar-refractivity contribution in [2.45, 2.75) is 51.7 Å². The van der Waals surface area contributed by atoms with Crippen molar-refractivity contribution in [3.8, 4) is 11.5 Å². The van der Waals surface area contributed by atoms with Gasteiger partial charge in [-0.1, -0.05) is 23.7 Å². The van der Waals surface area contributed by atoms with E-state index >= 15 is 0 Å². The molecule has 0 aliphatic heterocycles. The molecule has 0 atom stereocenters. The lowest BCUT2D eigenvalue weighted by atomic mass is 10.1. The van der Waals surface area contributed by atoms with Gasteiger partial charge in [0.05, 0.1) is 33.9 Å². The van der Waals surface area contributed by atoms with Gasteiger partial charge in [0.15, 0.2) is 5.69 Å². The second-order valence-corrected chi connectivity index (χ2v) is 9.06. The van der Waals surface area contributed by atoms with Crippen molar-refractivity contribution in [2.75, 3.05) is 5.32 Å². The fraction of sp³-hybridized carbons (Fsp3) is 0.333. The van der Waals surface area contributed by atoms with Crippen LogP contribution in [0.1, 0.15) is 47.7 Å². The Morgan fingerprint density at radius 1 is 1.25 bits per heavy atom. The number of carbonyl (C=O) groups excluding carboxylic acids is 1. The van der Waals surface area contributed by atoms with Gasteiger partial charge in [-0.15, -0.1) is 0 Å². The Morgan fingerprint density at radius 3 is 2.61 bits per heavy atom. The highest BCUT2D eigenvalue weighted by Crippen LogP contribution is 2.47. The van der Waals surface area contributed by atoms with Crippen molar-refractivity contribution in [3.05, 3.63) is 74.0 Å². The largest absolute Gasteiger partial charge is 0.457 e. The standard InChI is InChI=1S/C24H22ClF3N4O4/c1-13-3-4-14(2)19(9-13)36-18-11-16(10-17(12-18)32(34)35)29-20(33)7-8-31-22(15-5-6-15)21(25)23(30-31)24(26,27)28/h3-4,9-12,15H,5-8H2,1-2H3,(H,29,33). The van der Waals surface area contributed by atoms with Crippen molar-refractivity contribution in [1.82, 2.24) is 9.78 Å². The molecule has 1 aromatic heterocycles.